The third-order valence-electron chi connectivity index (χ3n) is 5.77. The van der Waals surface area contributed by atoms with E-state index in [9.17, 15) is 8.42 Å². The first-order valence-corrected chi connectivity index (χ1v) is 12.9. The molecule has 0 bridgehead atoms. The summed E-state index contributed by atoms with van der Waals surface area (Å²) in [6, 6.07) is 11.4. The molecule has 0 amide bonds. The normalized spacial score (nSPS) is 15.4. The quantitative estimate of drug-likeness (QED) is 0.456. The second-order valence-corrected chi connectivity index (χ2v) is 12.3. The number of thiophene rings is 1. The number of aryl methyl sites for hydroxylation is 1. The molecular formula is C24H27ClN2O2S2. The number of sulfonamides is 1. The van der Waals surface area contributed by atoms with Crippen LogP contribution in [-0.4, -0.2) is 34.0 Å². The highest BCUT2D eigenvalue weighted by Gasteiger charge is 2.30. The smallest absolute Gasteiger partial charge is 0.271 e. The molecule has 0 fully saturated rings. The maximum absolute atomic E-state index is 13.2. The number of fused-ring (bicyclic) bond motifs is 2. The minimum Gasteiger partial charge on any atom is -0.309 e. The lowest BCUT2D eigenvalue weighted by atomic mass is 9.87. The van der Waals surface area contributed by atoms with Gasteiger partial charge in [-0.1, -0.05) is 37.6 Å². The number of allylic oxidation sites excluding steroid dienone is 1. The van der Waals surface area contributed by atoms with E-state index in [2.05, 4.69) is 43.6 Å². The zero-order valence-electron chi connectivity index (χ0n) is 18.4. The average Bonchev–Trinajstić information content (AvgIpc) is 3.14. The van der Waals surface area contributed by atoms with Gasteiger partial charge < -0.3 is 4.90 Å². The molecule has 31 heavy (non-hydrogen) atoms. The van der Waals surface area contributed by atoms with Crippen LogP contribution < -0.4 is 4.72 Å². The van der Waals surface area contributed by atoms with Crippen molar-refractivity contribution in [2.45, 2.75) is 36.8 Å². The lowest BCUT2D eigenvalue weighted by molar-refractivity contribution is 0.419. The summed E-state index contributed by atoms with van der Waals surface area (Å²) in [5, 5.41) is 1.48. The molecule has 0 atom stereocenters. The van der Waals surface area contributed by atoms with Crippen LogP contribution in [0.5, 0.6) is 0 Å². The number of nitrogens with zero attached hydrogens (tertiary/aromatic N) is 1. The predicted octanol–water partition coefficient (Wildman–Crippen LogP) is 6.29. The highest BCUT2D eigenvalue weighted by molar-refractivity contribution is 7.94. The summed E-state index contributed by atoms with van der Waals surface area (Å²) >= 11 is 7.38. The van der Waals surface area contributed by atoms with Gasteiger partial charge in [-0.25, -0.2) is 8.42 Å². The van der Waals surface area contributed by atoms with E-state index in [1.807, 2.05) is 37.3 Å². The summed E-state index contributed by atoms with van der Waals surface area (Å²) < 4.78 is 30.5. The van der Waals surface area contributed by atoms with Crippen molar-refractivity contribution in [2.75, 3.05) is 25.4 Å². The van der Waals surface area contributed by atoms with Crippen LogP contribution in [0.3, 0.4) is 0 Å². The van der Waals surface area contributed by atoms with E-state index in [4.69, 9.17) is 11.6 Å². The molecule has 0 aliphatic heterocycles. The molecule has 1 aliphatic carbocycles. The Balaban J connectivity index is 1.68. The predicted molar refractivity (Wildman–Crippen MR) is 133 cm³/mol. The fraction of sp³-hybridized carbons (Fsp3) is 0.333. The van der Waals surface area contributed by atoms with Gasteiger partial charge in [0.1, 0.15) is 4.21 Å². The first-order valence-electron chi connectivity index (χ1n) is 10.2. The van der Waals surface area contributed by atoms with Gasteiger partial charge in [0.25, 0.3) is 10.0 Å². The molecule has 1 heterocycles. The van der Waals surface area contributed by atoms with E-state index in [-0.39, 0.29) is 5.41 Å². The Labute approximate surface area is 193 Å². The van der Waals surface area contributed by atoms with Gasteiger partial charge in [-0.3, -0.25) is 4.72 Å². The van der Waals surface area contributed by atoms with Crippen LogP contribution >= 0.6 is 22.9 Å². The van der Waals surface area contributed by atoms with Crippen molar-refractivity contribution >= 4 is 54.3 Å². The van der Waals surface area contributed by atoms with Crippen LogP contribution in [0, 0.1) is 6.92 Å². The van der Waals surface area contributed by atoms with Crippen LogP contribution in [0.25, 0.3) is 15.7 Å². The van der Waals surface area contributed by atoms with Gasteiger partial charge in [-0.2, -0.15) is 0 Å². The van der Waals surface area contributed by atoms with Crippen molar-refractivity contribution < 1.29 is 8.42 Å². The van der Waals surface area contributed by atoms with Crippen LogP contribution in [-0.2, 0) is 15.4 Å². The molecule has 0 saturated carbocycles. The summed E-state index contributed by atoms with van der Waals surface area (Å²) in [6.07, 6.45) is 3.23. The first kappa shape index (κ1) is 22.3. The highest BCUT2D eigenvalue weighted by atomic mass is 35.5. The van der Waals surface area contributed by atoms with Gasteiger partial charge in [0.2, 0.25) is 0 Å². The molecular weight excluding hydrogens is 448 g/mol. The van der Waals surface area contributed by atoms with Crippen molar-refractivity contribution in [3.05, 3.63) is 64.2 Å². The first-order chi connectivity index (χ1) is 14.5. The number of halogens is 1. The monoisotopic (exact) mass is 474 g/mol. The number of rotatable bonds is 6. The molecule has 1 aromatic heterocycles. The molecule has 0 unspecified atom stereocenters. The van der Waals surface area contributed by atoms with Crippen LogP contribution in [0.1, 0.15) is 37.0 Å². The molecule has 4 rings (SSSR count). The zero-order chi connectivity index (χ0) is 22.6. The highest BCUT2D eigenvalue weighted by Crippen LogP contribution is 2.43. The molecule has 3 aromatic rings. The Hall–Kier alpha value is -1.86. The van der Waals surface area contributed by atoms with Gasteiger partial charge in [0.15, 0.2) is 0 Å². The average molecular weight is 475 g/mol. The lowest BCUT2D eigenvalue weighted by Gasteiger charge is -2.18. The number of hydrogen-bond acceptors (Lipinski definition) is 4. The van der Waals surface area contributed by atoms with E-state index >= 15 is 0 Å². The van der Waals surface area contributed by atoms with Gasteiger partial charge in [0, 0.05) is 27.4 Å². The second kappa shape index (κ2) is 7.93. The lowest BCUT2D eigenvalue weighted by Crippen LogP contribution is -2.14. The SMILES string of the molecule is Cc1c(S(=O)(=O)Nc2ccc3c(c2)C(CCN(C)C)=CC3(C)C)sc2ccc(Cl)cc12. The Kier molecular flexibility index (Phi) is 5.71. The van der Waals surface area contributed by atoms with Crippen molar-refractivity contribution in [3.63, 3.8) is 0 Å². The Morgan fingerprint density at radius 2 is 1.87 bits per heavy atom. The molecule has 4 nitrogen and oxygen atoms in total. The molecule has 0 radical (unpaired) electrons. The van der Waals surface area contributed by atoms with Crippen molar-refractivity contribution in [2.24, 2.45) is 0 Å². The molecule has 7 heteroatoms. The maximum atomic E-state index is 13.2. The second-order valence-electron chi connectivity index (χ2n) is 8.97. The minimum absolute atomic E-state index is 0.0598. The Bertz CT molecular complexity index is 1300. The van der Waals surface area contributed by atoms with E-state index in [1.54, 1.807) is 6.07 Å². The van der Waals surface area contributed by atoms with E-state index in [1.165, 1.54) is 22.5 Å². The van der Waals surface area contributed by atoms with E-state index < -0.39 is 10.0 Å². The minimum atomic E-state index is -3.71. The van der Waals surface area contributed by atoms with Crippen molar-refractivity contribution in [1.29, 1.82) is 0 Å². The Morgan fingerprint density at radius 1 is 1.13 bits per heavy atom. The fourth-order valence-corrected chi connectivity index (χ4v) is 7.17. The third-order valence-corrected chi connectivity index (χ3v) is 9.28. The maximum Gasteiger partial charge on any atom is 0.271 e. The summed E-state index contributed by atoms with van der Waals surface area (Å²) in [5.41, 5.74) is 4.88. The van der Waals surface area contributed by atoms with Crippen LogP contribution in [0.2, 0.25) is 5.02 Å². The molecule has 164 valence electrons. The van der Waals surface area contributed by atoms with Gasteiger partial charge in [-0.15, -0.1) is 11.3 Å². The van der Waals surface area contributed by atoms with Crippen LogP contribution in [0.4, 0.5) is 5.69 Å². The molecule has 0 spiro atoms. The number of anilines is 1. The summed E-state index contributed by atoms with van der Waals surface area (Å²) in [7, 11) is 0.414. The topological polar surface area (TPSA) is 49.4 Å². The van der Waals surface area contributed by atoms with Gasteiger partial charge >= 0.3 is 0 Å². The molecule has 0 saturated heterocycles. The standard InChI is InChI=1S/C24H27ClN2O2S2/c1-15-19-12-17(25)6-9-22(19)30-23(15)31(28,29)26-18-7-8-21-20(13-18)16(10-11-27(4)5)14-24(21,2)3/h6-9,12-14,26H,10-11H2,1-5H3. The van der Waals surface area contributed by atoms with E-state index in [0.29, 0.717) is 14.9 Å². The number of benzene rings is 2. The zero-order valence-corrected chi connectivity index (χ0v) is 20.8. The molecule has 2 aromatic carbocycles. The third kappa shape index (κ3) is 4.27. The van der Waals surface area contributed by atoms with Crippen molar-refractivity contribution in [1.82, 2.24) is 4.90 Å². The number of nitrogens with one attached hydrogen (secondary N) is 1. The molecule has 1 N–H and O–H groups in total. The summed E-state index contributed by atoms with van der Waals surface area (Å²) in [6.45, 7) is 7.17. The molecule has 1 aliphatic rings. The number of hydrogen-bond donors (Lipinski definition) is 1. The summed E-state index contributed by atoms with van der Waals surface area (Å²) in [5.74, 6) is 0. The van der Waals surface area contributed by atoms with Crippen molar-refractivity contribution in [3.8, 4) is 0 Å². The van der Waals surface area contributed by atoms with Gasteiger partial charge in [0.05, 0.1) is 0 Å². The van der Waals surface area contributed by atoms with Crippen LogP contribution in [0.15, 0.2) is 46.7 Å². The largest absolute Gasteiger partial charge is 0.309 e. The fourth-order valence-electron chi connectivity index (χ4n) is 4.21. The Morgan fingerprint density at radius 3 is 2.58 bits per heavy atom. The van der Waals surface area contributed by atoms with E-state index in [0.717, 1.165) is 34.2 Å². The summed E-state index contributed by atoms with van der Waals surface area (Å²) in [4.78, 5) is 2.16. The van der Waals surface area contributed by atoms with Gasteiger partial charge in [-0.05, 0) is 85.4 Å².